The van der Waals surface area contributed by atoms with Gasteiger partial charge in [0.05, 0.1) is 5.41 Å². The van der Waals surface area contributed by atoms with Crippen LogP contribution in [0.1, 0.15) is 58.3 Å². The molecule has 0 bridgehead atoms. The lowest BCUT2D eigenvalue weighted by Gasteiger charge is -2.34. The van der Waals surface area contributed by atoms with Gasteiger partial charge in [-0.15, -0.1) is 0 Å². The van der Waals surface area contributed by atoms with Crippen molar-refractivity contribution in [2.45, 2.75) is 58.3 Å². The Labute approximate surface area is 99.2 Å². The van der Waals surface area contributed by atoms with E-state index in [1.807, 2.05) is 0 Å². The molecule has 0 atom stereocenters. The molecule has 0 unspecified atom stereocenters. The second-order valence-corrected chi connectivity index (χ2v) is 5.01. The Bertz CT molecular complexity index is 210. The zero-order chi connectivity index (χ0) is 11.9. The van der Waals surface area contributed by atoms with Crippen molar-refractivity contribution in [3.05, 3.63) is 0 Å². The van der Waals surface area contributed by atoms with Gasteiger partial charge in [0.2, 0.25) is 5.91 Å². The van der Waals surface area contributed by atoms with E-state index in [1.54, 1.807) is 0 Å². The highest BCUT2D eigenvalue weighted by Gasteiger charge is 2.37. The molecule has 1 saturated carbocycles. The maximum atomic E-state index is 12.1. The minimum absolute atomic E-state index is 0.200. The van der Waals surface area contributed by atoms with Crippen molar-refractivity contribution in [2.24, 2.45) is 11.1 Å². The smallest absolute Gasteiger partial charge is 0.227 e. The Morgan fingerprint density at radius 1 is 1.25 bits per heavy atom. The van der Waals surface area contributed by atoms with Gasteiger partial charge in [-0.25, -0.2) is 0 Å². The molecule has 1 amide bonds. The predicted molar refractivity (Wildman–Crippen MR) is 67.1 cm³/mol. The van der Waals surface area contributed by atoms with Crippen LogP contribution in [0, 0.1) is 5.41 Å². The number of carbonyl (C=O) groups excluding carboxylic acids is 1. The summed E-state index contributed by atoms with van der Waals surface area (Å²) in [6.45, 7) is 3.49. The molecular weight excluding hydrogens is 200 g/mol. The molecule has 3 nitrogen and oxygen atoms in total. The average molecular weight is 226 g/mol. The van der Waals surface area contributed by atoms with E-state index in [4.69, 9.17) is 5.73 Å². The van der Waals surface area contributed by atoms with Crippen molar-refractivity contribution in [1.29, 1.82) is 0 Å². The lowest BCUT2D eigenvalue weighted by atomic mass is 9.73. The van der Waals surface area contributed by atoms with Gasteiger partial charge in [0, 0.05) is 13.1 Å². The van der Waals surface area contributed by atoms with Gasteiger partial charge in [-0.2, -0.15) is 0 Å². The van der Waals surface area contributed by atoms with Crippen LogP contribution >= 0.6 is 0 Å². The van der Waals surface area contributed by atoms with Crippen molar-refractivity contribution in [3.63, 3.8) is 0 Å². The summed E-state index contributed by atoms with van der Waals surface area (Å²) in [5, 5.41) is 3.06. The topological polar surface area (TPSA) is 55.1 Å². The molecule has 0 aromatic carbocycles. The molecule has 3 N–H and O–H groups in total. The molecule has 1 aliphatic rings. The predicted octanol–water partition coefficient (Wildman–Crippen LogP) is 2.20. The molecule has 0 radical (unpaired) electrons. The first-order chi connectivity index (χ1) is 7.75. The number of amides is 1. The van der Waals surface area contributed by atoms with Gasteiger partial charge in [0.25, 0.3) is 0 Å². The lowest BCUT2D eigenvalue weighted by molar-refractivity contribution is -0.132. The summed E-state index contributed by atoms with van der Waals surface area (Å²) in [4.78, 5) is 12.1. The van der Waals surface area contributed by atoms with Gasteiger partial charge < -0.3 is 11.1 Å². The molecule has 0 heterocycles. The molecule has 0 aliphatic heterocycles. The molecule has 0 saturated heterocycles. The van der Waals surface area contributed by atoms with Crippen LogP contribution in [0.4, 0.5) is 0 Å². The summed E-state index contributed by atoms with van der Waals surface area (Å²) in [5.74, 6) is 0.200. The number of hydrogen-bond donors (Lipinski definition) is 2. The summed E-state index contributed by atoms with van der Waals surface area (Å²) in [7, 11) is 0. The van der Waals surface area contributed by atoms with Gasteiger partial charge in [-0.05, 0) is 19.3 Å². The molecule has 0 aromatic heterocycles. The fraction of sp³-hybridized carbons (Fsp3) is 0.923. The van der Waals surface area contributed by atoms with E-state index in [1.165, 1.54) is 19.3 Å². The van der Waals surface area contributed by atoms with E-state index >= 15 is 0 Å². The van der Waals surface area contributed by atoms with E-state index in [2.05, 4.69) is 12.2 Å². The maximum Gasteiger partial charge on any atom is 0.227 e. The van der Waals surface area contributed by atoms with Crippen molar-refractivity contribution in [3.8, 4) is 0 Å². The van der Waals surface area contributed by atoms with E-state index in [-0.39, 0.29) is 11.3 Å². The number of nitrogens with one attached hydrogen (secondary N) is 1. The summed E-state index contributed by atoms with van der Waals surface area (Å²) in [6, 6.07) is 0. The van der Waals surface area contributed by atoms with Gasteiger partial charge in [-0.3, -0.25) is 4.79 Å². The Morgan fingerprint density at radius 2 is 1.94 bits per heavy atom. The molecule has 3 heteroatoms. The van der Waals surface area contributed by atoms with Crippen LogP contribution in [0.5, 0.6) is 0 Å². The minimum atomic E-state index is -0.246. The van der Waals surface area contributed by atoms with E-state index < -0.39 is 0 Å². The standard InChI is InChI=1S/C13H26N2O/c1-2-3-7-10-15-12(16)13(11-14)8-5-4-6-9-13/h2-11,14H2,1H3,(H,15,16). The second kappa shape index (κ2) is 6.89. The van der Waals surface area contributed by atoms with Gasteiger partial charge in [-0.1, -0.05) is 39.0 Å². The highest BCUT2D eigenvalue weighted by molar-refractivity contribution is 5.82. The molecule has 1 aliphatic carbocycles. The summed E-state index contributed by atoms with van der Waals surface area (Å²) in [6.07, 6.45) is 8.98. The Balaban J connectivity index is 2.36. The van der Waals surface area contributed by atoms with E-state index in [0.717, 1.165) is 38.6 Å². The molecule has 16 heavy (non-hydrogen) atoms. The van der Waals surface area contributed by atoms with Crippen molar-refractivity contribution in [1.82, 2.24) is 5.32 Å². The van der Waals surface area contributed by atoms with Gasteiger partial charge in [0.15, 0.2) is 0 Å². The largest absolute Gasteiger partial charge is 0.356 e. The number of hydrogen-bond acceptors (Lipinski definition) is 2. The lowest BCUT2D eigenvalue weighted by Crippen LogP contribution is -2.47. The molecule has 0 aromatic rings. The van der Waals surface area contributed by atoms with Crippen LogP contribution in [-0.2, 0) is 4.79 Å². The first-order valence-electron chi connectivity index (χ1n) is 6.73. The monoisotopic (exact) mass is 226 g/mol. The normalized spacial score (nSPS) is 19.4. The Kier molecular flexibility index (Phi) is 5.81. The van der Waals surface area contributed by atoms with Gasteiger partial charge in [0.1, 0.15) is 0 Å². The summed E-state index contributed by atoms with van der Waals surface area (Å²) < 4.78 is 0. The third-order valence-corrected chi connectivity index (χ3v) is 3.75. The number of rotatable bonds is 6. The number of unbranched alkanes of at least 4 members (excludes halogenated alkanes) is 2. The van der Waals surface area contributed by atoms with Crippen molar-refractivity contribution in [2.75, 3.05) is 13.1 Å². The minimum Gasteiger partial charge on any atom is -0.356 e. The fourth-order valence-electron chi connectivity index (χ4n) is 2.52. The number of carbonyl (C=O) groups is 1. The quantitative estimate of drug-likeness (QED) is 0.682. The zero-order valence-electron chi connectivity index (χ0n) is 10.6. The second-order valence-electron chi connectivity index (χ2n) is 5.01. The number of nitrogens with two attached hydrogens (primary N) is 1. The maximum absolute atomic E-state index is 12.1. The van der Waals surface area contributed by atoms with E-state index in [0.29, 0.717) is 6.54 Å². The molecule has 1 fully saturated rings. The van der Waals surface area contributed by atoms with Crippen LogP contribution in [0.15, 0.2) is 0 Å². The molecule has 94 valence electrons. The summed E-state index contributed by atoms with van der Waals surface area (Å²) >= 11 is 0. The van der Waals surface area contributed by atoms with Crippen molar-refractivity contribution >= 4 is 5.91 Å². The van der Waals surface area contributed by atoms with Crippen LogP contribution in [0.2, 0.25) is 0 Å². The molecular formula is C13H26N2O. The average Bonchev–Trinajstić information content (AvgIpc) is 2.35. The third-order valence-electron chi connectivity index (χ3n) is 3.75. The molecule has 1 rings (SSSR count). The highest BCUT2D eigenvalue weighted by atomic mass is 16.2. The SMILES string of the molecule is CCCCCNC(=O)C1(CN)CCCCC1. The van der Waals surface area contributed by atoms with Crippen LogP contribution in [0.3, 0.4) is 0 Å². The van der Waals surface area contributed by atoms with Crippen LogP contribution in [-0.4, -0.2) is 19.0 Å². The highest BCUT2D eigenvalue weighted by Crippen LogP contribution is 2.35. The van der Waals surface area contributed by atoms with E-state index in [9.17, 15) is 4.79 Å². The van der Waals surface area contributed by atoms with Crippen molar-refractivity contribution < 1.29 is 4.79 Å². The van der Waals surface area contributed by atoms with Gasteiger partial charge >= 0.3 is 0 Å². The molecule has 0 spiro atoms. The summed E-state index contributed by atoms with van der Waals surface area (Å²) in [5.41, 5.74) is 5.56. The Morgan fingerprint density at radius 3 is 2.50 bits per heavy atom. The fourth-order valence-corrected chi connectivity index (χ4v) is 2.52. The van der Waals surface area contributed by atoms with Crippen LogP contribution < -0.4 is 11.1 Å². The first kappa shape index (κ1) is 13.5. The third kappa shape index (κ3) is 3.48. The Hall–Kier alpha value is -0.570. The van der Waals surface area contributed by atoms with Crippen LogP contribution in [0.25, 0.3) is 0 Å². The first-order valence-corrected chi connectivity index (χ1v) is 6.73. The zero-order valence-corrected chi connectivity index (χ0v) is 10.6.